The fraction of sp³-hybridized carbons (Fsp3) is 0.118. The van der Waals surface area contributed by atoms with Crippen LogP contribution in [0.15, 0.2) is 53.6 Å². The van der Waals surface area contributed by atoms with Gasteiger partial charge in [0, 0.05) is 17.7 Å². The highest BCUT2D eigenvalue weighted by Gasteiger charge is 2.08. The number of hydrogen-bond donors (Lipinski definition) is 2. The fourth-order valence-electron chi connectivity index (χ4n) is 1.93. The van der Waals surface area contributed by atoms with Crippen molar-refractivity contribution in [2.75, 3.05) is 13.7 Å². The quantitative estimate of drug-likeness (QED) is 0.442. The van der Waals surface area contributed by atoms with E-state index in [0.29, 0.717) is 16.9 Å². The molecule has 9 heteroatoms. The molecule has 0 spiro atoms. The Balaban J connectivity index is 1.81. The summed E-state index contributed by atoms with van der Waals surface area (Å²) in [5.41, 5.74) is 3.17. The average molecular weight is 356 g/mol. The molecule has 0 bridgehead atoms. The van der Waals surface area contributed by atoms with E-state index in [1.54, 1.807) is 24.3 Å². The van der Waals surface area contributed by atoms with E-state index in [-0.39, 0.29) is 12.2 Å². The number of hydrazone groups is 1. The molecule has 2 amide bonds. The first-order valence-corrected chi connectivity index (χ1v) is 7.48. The number of hydrogen-bond acceptors (Lipinski definition) is 6. The highest BCUT2D eigenvalue weighted by Crippen LogP contribution is 2.12. The Labute approximate surface area is 148 Å². The van der Waals surface area contributed by atoms with Gasteiger partial charge in [0.05, 0.1) is 24.8 Å². The Morgan fingerprint density at radius 3 is 2.62 bits per heavy atom. The van der Waals surface area contributed by atoms with Crippen LogP contribution < -0.4 is 15.5 Å². The summed E-state index contributed by atoms with van der Waals surface area (Å²) < 4.78 is 5.03. The van der Waals surface area contributed by atoms with Gasteiger partial charge in [-0.25, -0.2) is 5.43 Å². The van der Waals surface area contributed by atoms with Crippen molar-refractivity contribution in [1.29, 1.82) is 0 Å². The maximum absolute atomic E-state index is 12.0. The Bertz CT molecular complexity index is 833. The molecule has 0 radical (unpaired) electrons. The number of nitro benzene ring substituents is 1. The normalized spacial score (nSPS) is 10.3. The average Bonchev–Trinajstić information content (AvgIpc) is 2.66. The highest BCUT2D eigenvalue weighted by molar-refractivity contribution is 5.96. The molecule has 0 unspecified atom stereocenters. The number of carbonyl (C=O) groups is 2. The molecule has 2 N–H and O–H groups in total. The van der Waals surface area contributed by atoms with E-state index in [1.807, 2.05) is 0 Å². The summed E-state index contributed by atoms with van der Waals surface area (Å²) in [7, 11) is 1.49. The molecular weight excluding hydrogens is 340 g/mol. The number of non-ortho nitro benzene ring substituents is 1. The zero-order valence-electron chi connectivity index (χ0n) is 13.8. The van der Waals surface area contributed by atoms with E-state index in [4.69, 9.17) is 4.74 Å². The lowest BCUT2D eigenvalue weighted by Gasteiger charge is -2.05. The molecule has 0 atom stereocenters. The number of nitrogens with zero attached hydrogens (tertiary/aromatic N) is 2. The maximum Gasteiger partial charge on any atom is 0.269 e. The van der Waals surface area contributed by atoms with Gasteiger partial charge in [-0.1, -0.05) is 6.07 Å². The van der Waals surface area contributed by atoms with Crippen LogP contribution in [0.1, 0.15) is 15.9 Å². The minimum Gasteiger partial charge on any atom is -0.497 e. The third-order valence-electron chi connectivity index (χ3n) is 3.25. The van der Waals surface area contributed by atoms with Crippen LogP contribution >= 0.6 is 0 Å². The van der Waals surface area contributed by atoms with Crippen molar-refractivity contribution in [3.63, 3.8) is 0 Å². The van der Waals surface area contributed by atoms with Gasteiger partial charge in [-0.15, -0.1) is 0 Å². The van der Waals surface area contributed by atoms with Gasteiger partial charge in [-0.3, -0.25) is 19.7 Å². The van der Waals surface area contributed by atoms with Crippen LogP contribution in [0.3, 0.4) is 0 Å². The number of nitro groups is 1. The number of ether oxygens (including phenoxy) is 1. The second-order valence-corrected chi connectivity index (χ2v) is 5.06. The van der Waals surface area contributed by atoms with Gasteiger partial charge in [-0.2, -0.15) is 5.10 Å². The van der Waals surface area contributed by atoms with E-state index in [2.05, 4.69) is 15.8 Å². The molecule has 26 heavy (non-hydrogen) atoms. The van der Waals surface area contributed by atoms with Gasteiger partial charge in [0.2, 0.25) is 0 Å². The number of benzene rings is 2. The van der Waals surface area contributed by atoms with Crippen molar-refractivity contribution in [3.8, 4) is 5.75 Å². The van der Waals surface area contributed by atoms with Crippen molar-refractivity contribution in [2.45, 2.75) is 0 Å². The van der Waals surface area contributed by atoms with Crippen molar-refractivity contribution in [3.05, 3.63) is 69.8 Å². The minimum absolute atomic E-state index is 0.0357. The van der Waals surface area contributed by atoms with Crippen LogP contribution in [0.25, 0.3) is 0 Å². The third-order valence-corrected chi connectivity index (χ3v) is 3.25. The van der Waals surface area contributed by atoms with Gasteiger partial charge in [0.15, 0.2) is 0 Å². The first kappa shape index (κ1) is 18.6. The van der Waals surface area contributed by atoms with Gasteiger partial charge in [-0.05, 0) is 35.9 Å². The largest absolute Gasteiger partial charge is 0.497 e. The van der Waals surface area contributed by atoms with E-state index in [1.165, 1.54) is 37.6 Å². The van der Waals surface area contributed by atoms with Crippen molar-refractivity contribution >= 4 is 23.7 Å². The smallest absolute Gasteiger partial charge is 0.269 e. The summed E-state index contributed by atoms with van der Waals surface area (Å²) in [6.07, 6.45) is 1.34. The topological polar surface area (TPSA) is 123 Å². The predicted molar refractivity (Wildman–Crippen MR) is 94.2 cm³/mol. The Morgan fingerprint density at radius 1 is 1.23 bits per heavy atom. The van der Waals surface area contributed by atoms with E-state index < -0.39 is 16.7 Å². The maximum atomic E-state index is 12.0. The van der Waals surface area contributed by atoms with Crippen molar-refractivity contribution in [2.24, 2.45) is 5.10 Å². The van der Waals surface area contributed by atoms with Gasteiger partial charge in [0.25, 0.3) is 17.5 Å². The summed E-state index contributed by atoms with van der Waals surface area (Å²) in [6, 6.07) is 12.2. The van der Waals surface area contributed by atoms with Crippen LogP contribution in [0.4, 0.5) is 5.69 Å². The molecule has 0 aliphatic rings. The van der Waals surface area contributed by atoms with Crippen molar-refractivity contribution < 1.29 is 19.2 Å². The second kappa shape index (κ2) is 8.92. The molecule has 0 aliphatic heterocycles. The van der Waals surface area contributed by atoms with Crippen molar-refractivity contribution in [1.82, 2.24) is 10.7 Å². The number of nitrogens with one attached hydrogen (secondary N) is 2. The standard InChI is InChI=1S/C17H16N4O5/c1-26-15-4-2-3-13(9-15)17(23)18-11-16(22)20-19-10-12-5-7-14(8-6-12)21(24)25/h2-10H,11H2,1H3,(H,18,23)(H,20,22). The summed E-state index contributed by atoms with van der Waals surface area (Å²) in [4.78, 5) is 33.7. The fourth-order valence-corrected chi connectivity index (χ4v) is 1.93. The Kier molecular flexibility index (Phi) is 6.38. The lowest BCUT2D eigenvalue weighted by molar-refractivity contribution is -0.384. The first-order chi connectivity index (χ1) is 12.5. The number of rotatable bonds is 7. The second-order valence-electron chi connectivity index (χ2n) is 5.06. The lowest BCUT2D eigenvalue weighted by atomic mass is 10.2. The molecule has 0 aliphatic carbocycles. The van der Waals surface area contributed by atoms with E-state index >= 15 is 0 Å². The molecule has 0 saturated heterocycles. The van der Waals surface area contributed by atoms with Crippen LogP contribution in [0, 0.1) is 10.1 Å². The minimum atomic E-state index is -0.514. The molecule has 0 aromatic heterocycles. The van der Waals surface area contributed by atoms with E-state index in [9.17, 15) is 19.7 Å². The zero-order chi connectivity index (χ0) is 18.9. The van der Waals surface area contributed by atoms with Crippen LogP contribution in [0.5, 0.6) is 5.75 Å². The SMILES string of the molecule is COc1cccc(C(=O)NCC(=O)NN=Cc2ccc([N+](=O)[O-])cc2)c1. The molecule has 2 aromatic rings. The zero-order valence-corrected chi connectivity index (χ0v) is 13.8. The summed E-state index contributed by atoms with van der Waals surface area (Å²) in [6.45, 7) is -0.256. The van der Waals surface area contributed by atoms with Gasteiger partial charge < -0.3 is 10.1 Å². The molecule has 0 fully saturated rings. The molecular formula is C17H16N4O5. The van der Waals surface area contributed by atoms with Crippen LogP contribution in [0.2, 0.25) is 0 Å². The molecule has 2 rings (SSSR count). The first-order valence-electron chi connectivity index (χ1n) is 7.48. The molecule has 0 heterocycles. The lowest BCUT2D eigenvalue weighted by Crippen LogP contribution is -2.34. The Morgan fingerprint density at radius 2 is 1.96 bits per heavy atom. The summed E-state index contributed by atoms with van der Waals surface area (Å²) in [5, 5.41) is 16.7. The number of carbonyl (C=O) groups excluding carboxylic acids is 2. The number of methoxy groups -OCH3 is 1. The van der Waals surface area contributed by atoms with Gasteiger partial charge >= 0.3 is 0 Å². The number of amides is 2. The molecule has 134 valence electrons. The highest BCUT2D eigenvalue weighted by atomic mass is 16.6. The van der Waals surface area contributed by atoms with E-state index in [0.717, 1.165) is 0 Å². The van der Waals surface area contributed by atoms with Crippen LogP contribution in [-0.4, -0.2) is 36.6 Å². The monoisotopic (exact) mass is 356 g/mol. The Hall–Kier alpha value is -3.75. The predicted octanol–water partition coefficient (Wildman–Crippen LogP) is 1.48. The van der Waals surface area contributed by atoms with Gasteiger partial charge in [0.1, 0.15) is 5.75 Å². The van der Waals surface area contributed by atoms with Crippen LogP contribution in [-0.2, 0) is 4.79 Å². The summed E-state index contributed by atoms with van der Waals surface area (Å²) >= 11 is 0. The third kappa shape index (κ3) is 5.41. The molecule has 9 nitrogen and oxygen atoms in total. The molecule has 2 aromatic carbocycles. The summed E-state index contributed by atoms with van der Waals surface area (Å²) in [5.74, 6) is -0.396. The molecule has 0 saturated carbocycles.